The molecule has 0 aliphatic heterocycles. The molecule has 0 aromatic heterocycles. The number of hydrogen-bond acceptors (Lipinski definition) is 4. The van der Waals surface area contributed by atoms with Crippen molar-refractivity contribution in [3.05, 3.63) is 0 Å². The van der Waals surface area contributed by atoms with E-state index >= 15 is 0 Å². The van der Waals surface area contributed by atoms with Crippen LogP contribution in [0.15, 0.2) is 0 Å². The Balaban J connectivity index is 4.30. The van der Waals surface area contributed by atoms with Gasteiger partial charge in [0.1, 0.15) is 12.1 Å². The number of hydrogen-bond donors (Lipinski definition) is 4. The van der Waals surface area contributed by atoms with E-state index in [0.717, 1.165) is 6.92 Å². The van der Waals surface area contributed by atoms with Crippen LogP contribution in [0.4, 0.5) is 0 Å². The maximum Gasteiger partial charge on any atom is 0.326 e. The maximum absolute atomic E-state index is 10.5. The molecule has 14 heavy (non-hydrogen) atoms. The molecule has 1 amide bonds. The lowest BCUT2D eigenvalue weighted by Crippen LogP contribution is -2.45. The van der Waals surface area contributed by atoms with Crippen LogP contribution in [0.2, 0.25) is 0 Å². The van der Waals surface area contributed by atoms with Gasteiger partial charge in [0.05, 0.1) is 0 Å². The van der Waals surface area contributed by atoms with Crippen LogP contribution >= 0.6 is 0 Å². The van der Waals surface area contributed by atoms with Gasteiger partial charge in [0.15, 0.2) is 0 Å². The number of rotatable bonds is 5. The van der Waals surface area contributed by atoms with E-state index in [-0.39, 0.29) is 6.42 Å². The van der Waals surface area contributed by atoms with Gasteiger partial charge in [-0.05, 0) is 0 Å². The first kappa shape index (κ1) is 12.4. The SMILES string of the molecule is CC(=O)NC(CC(N)C(=O)O)C(=O)O. The number of nitrogens with two attached hydrogens (primary N) is 1. The summed E-state index contributed by atoms with van der Waals surface area (Å²) in [7, 11) is 0. The molecule has 0 rings (SSSR count). The van der Waals surface area contributed by atoms with Crippen molar-refractivity contribution in [3.8, 4) is 0 Å². The van der Waals surface area contributed by atoms with Crippen molar-refractivity contribution in [1.29, 1.82) is 0 Å². The molecule has 0 aliphatic carbocycles. The average molecular weight is 204 g/mol. The highest BCUT2D eigenvalue weighted by Gasteiger charge is 2.24. The third-order valence-electron chi connectivity index (χ3n) is 1.48. The maximum atomic E-state index is 10.5. The first-order valence-electron chi connectivity index (χ1n) is 3.83. The summed E-state index contributed by atoms with van der Waals surface area (Å²) in [5.74, 6) is -3.16. The van der Waals surface area contributed by atoms with Crippen molar-refractivity contribution in [2.45, 2.75) is 25.4 Å². The first-order chi connectivity index (χ1) is 6.34. The second kappa shape index (κ2) is 5.18. The molecule has 2 unspecified atom stereocenters. The zero-order chi connectivity index (χ0) is 11.3. The topological polar surface area (TPSA) is 130 Å². The van der Waals surface area contributed by atoms with Gasteiger partial charge in [-0.3, -0.25) is 9.59 Å². The molecule has 80 valence electrons. The number of amides is 1. The number of carbonyl (C=O) groups excluding carboxylic acids is 1. The van der Waals surface area contributed by atoms with Crippen LogP contribution in [0, 0.1) is 0 Å². The summed E-state index contributed by atoms with van der Waals surface area (Å²) in [4.78, 5) is 31.4. The van der Waals surface area contributed by atoms with Gasteiger partial charge in [0, 0.05) is 13.3 Å². The first-order valence-corrected chi connectivity index (χ1v) is 3.83. The molecule has 0 spiro atoms. The zero-order valence-corrected chi connectivity index (χ0v) is 7.56. The fourth-order valence-corrected chi connectivity index (χ4v) is 0.822. The van der Waals surface area contributed by atoms with Crippen molar-refractivity contribution in [2.24, 2.45) is 5.73 Å². The Morgan fingerprint density at radius 3 is 2.07 bits per heavy atom. The monoisotopic (exact) mass is 204 g/mol. The number of carbonyl (C=O) groups is 3. The molecule has 0 aromatic carbocycles. The summed E-state index contributed by atoms with van der Waals surface area (Å²) < 4.78 is 0. The summed E-state index contributed by atoms with van der Waals surface area (Å²) >= 11 is 0. The van der Waals surface area contributed by atoms with Gasteiger partial charge >= 0.3 is 11.9 Å². The Kier molecular flexibility index (Phi) is 4.57. The van der Waals surface area contributed by atoms with Gasteiger partial charge in [0.2, 0.25) is 5.91 Å². The van der Waals surface area contributed by atoms with E-state index < -0.39 is 29.9 Å². The molecule has 7 nitrogen and oxygen atoms in total. The lowest BCUT2D eigenvalue weighted by molar-refractivity contribution is -0.143. The van der Waals surface area contributed by atoms with Crippen LogP contribution in [0.5, 0.6) is 0 Å². The van der Waals surface area contributed by atoms with E-state index in [4.69, 9.17) is 15.9 Å². The highest BCUT2D eigenvalue weighted by molar-refractivity contribution is 5.83. The van der Waals surface area contributed by atoms with Crippen molar-refractivity contribution < 1.29 is 24.6 Å². The Hall–Kier alpha value is -1.63. The smallest absolute Gasteiger partial charge is 0.326 e. The molecular weight excluding hydrogens is 192 g/mol. The van der Waals surface area contributed by atoms with Crippen molar-refractivity contribution in [3.63, 3.8) is 0 Å². The summed E-state index contributed by atoms with van der Waals surface area (Å²) in [6.45, 7) is 1.14. The van der Waals surface area contributed by atoms with Crippen molar-refractivity contribution in [2.75, 3.05) is 0 Å². The fourth-order valence-electron chi connectivity index (χ4n) is 0.822. The second-order valence-corrected chi connectivity index (χ2v) is 2.77. The quantitative estimate of drug-likeness (QED) is 0.425. The molecule has 5 N–H and O–H groups in total. The molecular formula is C7H12N2O5. The molecule has 0 fully saturated rings. The molecule has 0 bridgehead atoms. The standard InChI is InChI=1S/C7H12N2O5/c1-3(10)9-5(7(13)14)2-4(8)6(11)12/h4-5H,2,8H2,1H3,(H,9,10)(H,11,12)(H,13,14). The summed E-state index contributed by atoms with van der Waals surface area (Å²) in [5, 5.41) is 19.1. The average Bonchev–Trinajstić information content (AvgIpc) is 2.01. The van der Waals surface area contributed by atoms with Crippen LogP contribution in [0.3, 0.4) is 0 Å². The zero-order valence-electron chi connectivity index (χ0n) is 7.56. The number of aliphatic carboxylic acids is 2. The summed E-state index contributed by atoms with van der Waals surface area (Å²) in [6, 6.07) is -2.57. The van der Waals surface area contributed by atoms with E-state index in [1.807, 2.05) is 0 Å². The molecule has 0 heterocycles. The van der Waals surface area contributed by atoms with Crippen molar-refractivity contribution in [1.82, 2.24) is 5.32 Å². The van der Waals surface area contributed by atoms with Gasteiger partial charge in [-0.1, -0.05) is 0 Å². The van der Waals surface area contributed by atoms with E-state index in [1.165, 1.54) is 0 Å². The minimum Gasteiger partial charge on any atom is -0.480 e. The Morgan fingerprint density at radius 1 is 1.29 bits per heavy atom. The van der Waals surface area contributed by atoms with Gasteiger partial charge < -0.3 is 21.3 Å². The lowest BCUT2D eigenvalue weighted by Gasteiger charge is -2.15. The summed E-state index contributed by atoms with van der Waals surface area (Å²) in [5.41, 5.74) is 5.12. The third kappa shape index (κ3) is 4.41. The van der Waals surface area contributed by atoms with E-state index in [2.05, 4.69) is 5.32 Å². The van der Waals surface area contributed by atoms with Crippen molar-refractivity contribution >= 4 is 17.8 Å². The molecule has 0 aromatic rings. The predicted octanol–water partition coefficient (Wildman–Crippen LogP) is -1.62. The van der Waals surface area contributed by atoms with Gasteiger partial charge in [0.25, 0.3) is 0 Å². The molecule has 7 heteroatoms. The van der Waals surface area contributed by atoms with Gasteiger partial charge in [-0.2, -0.15) is 0 Å². The Morgan fingerprint density at radius 2 is 1.79 bits per heavy atom. The number of carboxylic acid groups (broad SMARTS) is 2. The summed E-state index contributed by atoms with van der Waals surface area (Å²) in [6.07, 6.45) is -0.343. The molecule has 0 aliphatic rings. The van der Waals surface area contributed by atoms with Crippen LogP contribution in [0.1, 0.15) is 13.3 Å². The van der Waals surface area contributed by atoms with Gasteiger partial charge in [-0.25, -0.2) is 4.79 Å². The third-order valence-corrected chi connectivity index (χ3v) is 1.48. The van der Waals surface area contributed by atoms with Gasteiger partial charge in [-0.15, -0.1) is 0 Å². The van der Waals surface area contributed by atoms with Crippen LogP contribution in [0.25, 0.3) is 0 Å². The van der Waals surface area contributed by atoms with E-state index in [9.17, 15) is 14.4 Å². The van der Waals surface area contributed by atoms with Crippen LogP contribution in [-0.4, -0.2) is 40.1 Å². The molecule has 0 saturated carbocycles. The Labute approximate surface area is 79.9 Å². The lowest BCUT2D eigenvalue weighted by atomic mass is 10.1. The van der Waals surface area contributed by atoms with Crippen LogP contribution in [-0.2, 0) is 14.4 Å². The molecule has 0 saturated heterocycles. The fraction of sp³-hybridized carbons (Fsp3) is 0.571. The Bertz CT molecular complexity index is 252. The molecule has 2 atom stereocenters. The predicted molar refractivity (Wildman–Crippen MR) is 45.5 cm³/mol. The van der Waals surface area contributed by atoms with E-state index in [0.29, 0.717) is 0 Å². The normalized spacial score (nSPS) is 14.1. The second-order valence-electron chi connectivity index (χ2n) is 2.77. The minimum atomic E-state index is -1.31. The minimum absolute atomic E-state index is 0.343. The highest BCUT2D eigenvalue weighted by Crippen LogP contribution is 1.97. The molecule has 0 radical (unpaired) electrons. The largest absolute Gasteiger partial charge is 0.480 e. The van der Waals surface area contributed by atoms with E-state index in [1.54, 1.807) is 0 Å². The number of carboxylic acids is 2. The van der Waals surface area contributed by atoms with Crippen LogP contribution < -0.4 is 11.1 Å². The number of nitrogens with one attached hydrogen (secondary N) is 1. The highest BCUT2D eigenvalue weighted by atomic mass is 16.4.